The van der Waals surface area contributed by atoms with E-state index in [1.807, 2.05) is 90.2 Å². The number of amides is 1. The monoisotopic (exact) mass is 454 g/mol. The zero-order valence-electron chi connectivity index (χ0n) is 19.3. The molecule has 0 unspecified atom stereocenters. The van der Waals surface area contributed by atoms with Crippen LogP contribution in [0.25, 0.3) is 5.82 Å². The van der Waals surface area contributed by atoms with Gasteiger partial charge in [0, 0.05) is 43.5 Å². The molecule has 0 radical (unpaired) electrons. The molecule has 2 aromatic carbocycles. The predicted octanol–water partition coefficient (Wildman–Crippen LogP) is 4.03. The lowest BCUT2D eigenvalue weighted by atomic mass is 10.1. The molecule has 1 aliphatic rings. The van der Waals surface area contributed by atoms with Crippen molar-refractivity contribution >= 4 is 11.7 Å². The van der Waals surface area contributed by atoms with Crippen LogP contribution >= 0.6 is 0 Å². The third kappa shape index (κ3) is 4.61. The van der Waals surface area contributed by atoms with Crippen molar-refractivity contribution < 1.29 is 9.53 Å². The first-order valence-electron chi connectivity index (χ1n) is 11.3. The highest BCUT2D eigenvalue weighted by atomic mass is 16.5. The number of benzene rings is 2. The Hall–Kier alpha value is -4.20. The molecule has 1 amide bonds. The summed E-state index contributed by atoms with van der Waals surface area (Å²) in [6.07, 6.45) is 1.57. The minimum absolute atomic E-state index is 0.0249. The maximum absolute atomic E-state index is 13.0. The Labute approximate surface area is 198 Å². The van der Waals surface area contributed by atoms with Crippen molar-refractivity contribution in [2.75, 3.05) is 31.1 Å². The van der Waals surface area contributed by atoms with Gasteiger partial charge in [-0.1, -0.05) is 18.2 Å². The van der Waals surface area contributed by atoms with Gasteiger partial charge in [-0.15, -0.1) is 0 Å². The Morgan fingerprint density at radius 2 is 1.50 bits per heavy atom. The minimum atomic E-state index is 0.0249. The molecule has 1 fully saturated rings. The number of rotatable bonds is 5. The van der Waals surface area contributed by atoms with E-state index in [1.54, 1.807) is 6.33 Å². The lowest BCUT2D eigenvalue weighted by Crippen LogP contribution is -2.49. The van der Waals surface area contributed by atoms with Crippen LogP contribution < -0.4 is 9.64 Å². The summed E-state index contributed by atoms with van der Waals surface area (Å²) in [7, 11) is 0. The molecular formula is C26H26N6O2. The second kappa shape index (κ2) is 9.35. The van der Waals surface area contributed by atoms with Crippen molar-refractivity contribution in [1.29, 1.82) is 0 Å². The van der Waals surface area contributed by atoms with Crippen LogP contribution in [0.4, 0.5) is 5.82 Å². The van der Waals surface area contributed by atoms with Gasteiger partial charge < -0.3 is 14.5 Å². The molecule has 1 aliphatic heterocycles. The molecule has 5 rings (SSSR count). The molecule has 8 heteroatoms. The van der Waals surface area contributed by atoms with Gasteiger partial charge in [0.2, 0.25) is 0 Å². The van der Waals surface area contributed by atoms with Crippen LogP contribution in [-0.4, -0.2) is 56.7 Å². The van der Waals surface area contributed by atoms with Gasteiger partial charge in [0.25, 0.3) is 5.91 Å². The smallest absolute Gasteiger partial charge is 0.253 e. The predicted molar refractivity (Wildman–Crippen MR) is 130 cm³/mol. The molecule has 4 aromatic rings. The molecule has 0 aliphatic carbocycles. The SMILES string of the molecule is Cc1cc(C)n(-c2cc(N3CCN(C(=O)c4ccc(Oc5ccccc5)cc4)CC3)ncn2)n1. The van der Waals surface area contributed by atoms with Crippen molar-refractivity contribution in [3.8, 4) is 17.3 Å². The summed E-state index contributed by atoms with van der Waals surface area (Å²) in [5.74, 6) is 3.08. The number of anilines is 1. The fourth-order valence-electron chi connectivity index (χ4n) is 4.10. The number of hydrogen-bond acceptors (Lipinski definition) is 6. The number of para-hydroxylation sites is 1. The first kappa shape index (κ1) is 21.6. The molecular weight excluding hydrogens is 428 g/mol. The number of carbonyl (C=O) groups is 1. The summed E-state index contributed by atoms with van der Waals surface area (Å²) < 4.78 is 7.65. The Balaban J connectivity index is 1.21. The van der Waals surface area contributed by atoms with Crippen molar-refractivity contribution in [1.82, 2.24) is 24.6 Å². The van der Waals surface area contributed by atoms with Gasteiger partial charge in [-0.3, -0.25) is 4.79 Å². The third-order valence-electron chi connectivity index (χ3n) is 5.84. The highest BCUT2D eigenvalue weighted by Gasteiger charge is 2.23. The van der Waals surface area contributed by atoms with E-state index in [9.17, 15) is 4.79 Å². The van der Waals surface area contributed by atoms with Crippen LogP contribution in [0.5, 0.6) is 11.5 Å². The van der Waals surface area contributed by atoms with Crippen LogP contribution in [0.2, 0.25) is 0 Å². The normalized spacial score (nSPS) is 13.7. The molecule has 0 N–H and O–H groups in total. The molecule has 2 aromatic heterocycles. The van der Waals surface area contributed by atoms with Gasteiger partial charge in [-0.25, -0.2) is 14.6 Å². The van der Waals surface area contributed by atoms with E-state index in [2.05, 4.69) is 20.0 Å². The van der Waals surface area contributed by atoms with Crippen LogP contribution in [-0.2, 0) is 0 Å². The van der Waals surface area contributed by atoms with Gasteiger partial charge in [-0.05, 0) is 56.3 Å². The van der Waals surface area contributed by atoms with Gasteiger partial charge >= 0.3 is 0 Å². The molecule has 8 nitrogen and oxygen atoms in total. The quantitative estimate of drug-likeness (QED) is 0.453. The molecule has 0 bridgehead atoms. The molecule has 0 atom stereocenters. The number of nitrogens with zero attached hydrogens (tertiary/aromatic N) is 6. The van der Waals surface area contributed by atoms with Crippen LogP contribution in [0.3, 0.4) is 0 Å². The molecule has 172 valence electrons. The van der Waals surface area contributed by atoms with E-state index in [0.29, 0.717) is 37.5 Å². The van der Waals surface area contributed by atoms with E-state index < -0.39 is 0 Å². The Morgan fingerprint density at radius 3 is 2.18 bits per heavy atom. The summed E-state index contributed by atoms with van der Waals surface area (Å²) in [5.41, 5.74) is 2.63. The van der Waals surface area contributed by atoms with Crippen molar-refractivity contribution in [3.63, 3.8) is 0 Å². The zero-order chi connectivity index (χ0) is 23.5. The highest BCUT2D eigenvalue weighted by Crippen LogP contribution is 2.22. The number of ether oxygens (including phenoxy) is 1. The first-order chi connectivity index (χ1) is 16.6. The number of piperazine rings is 1. The summed E-state index contributed by atoms with van der Waals surface area (Å²) in [6.45, 7) is 6.63. The second-order valence-electron chi connectivity index (χ2n) is 8.29. The van der Waals surface area contributed by atoms with E-state index in [0.717, 1.165) is 28.8 Å². The summed E-state index contributed by atoms with van der Waals surface area (Å²) in [4.78, 5) is 25.9. The lowest BCUT2D eigenvalue weighted by Gasteiger charge is -2.35. The average Bonchev–Trinajstić information content (AvgIpc) is 3.22. The third-order valence-corrected chi connectivity index (χ3v) is 5.84. The second-order valence-corrected chi connectivity index (χ2v) is 8.29. The Kier molecular flexibility index (Phi) is 5.95. The lowest BCUT2D eigenvalue weighted by molar-refractivity contribution is 0.0746. The average molecular weight is 455 g/mol. The first-order valence-corrected chi connectivity index (χ1v) is 11.3. The fraction of sp³-hybridized carbons (Fsp3) is 0.231. The van der Waals surface area contributed by atoms with Crippen LogP contribution in [0.15, 0.2) is 73.1 Å². The fourth-order valence-corrected chi connectivity index (χ4v) is 4.10. The largest absolute Gasteiger partial charge is 0.457 e. The molecule has 0 saturated carbocycles. The van der Waals surface area contributed by atoms with Crippen LogP contribution in [0, 0.1) is 13.8 Å². The van der Waals surface area contributed by atoms with E-state index >= 15 is 0 Å². The number of aromatic nitrogens is 4. The van der Waals surface area contributed by atoms with Gasteiger partial charge in [0.05, 0.1) is 5.69 Å². The van der Waals surface area contributed by atoms with Crippen molar-refractivity contribution in [2.45, 2.75) is 13.8 Å². The van der Waals surface area contributed by atoms with Crippen molar-refractivity contribution in [2.24, 2.45) is 0 Å². The minimum Gasteiger partial charge on any atom is -0.457 e. The zero-order valence-corrected chi connectivity index (χ0v) is 19.3. The van der Waals surface area contributed by atoms with Gasteiger partial charge in [0.1, 0.15) is 23.6 Å². The van der Waals surface area contributed by atoms with Crippen LogP contribution in [0.1, 0.15) is 21.7 Å². The number of carbonyl (C=O) groups excluding carboxylic acids is 1. The molecule has 1 saturated heterocycles. The van der Waals surface area contributed by atoms with E-state index in [-0.39, 0.29) is 5.91 Å². The number of hydrogen-bond donors (Lipinski definition) is 0. The summed E-state index contributed by atoms with van der Waals surface area (Å²) in [5, 5.41) is 4.51. The maximum Gasteiger partial charge on any atom is 0.253 e. The van der Waals surface area contributed by atoms with Gasteiger partial charge in [0.15, 0.2) is 5.82 Å². The Bertz CT molecular complexity index is 1280. The maximum atomic E-state index is 13.0. The van der Waals surface area contributed by atoms with Gasteiger partial charge in [-0.2, -0.15) is 5.10 Å². The number of aryl methyl sites for hydroxylation is 2. The molecule has 3 heterocycles. The topological polar surface area (TPSA) is 76.4 Å². The summed E-state index contributed by atoms with van der Waals surface area (Å²) in [6, 6.07) is 20.9. The summed E-state index contributed by atoms with van der Waals surface area (Å²) >= 11 is 0. The van der Waals surface area contributed by atoms with E-state index in [4.69, 9.17) is 4.74 Å². The highest BCUT2D eigenvalue weighted by molar-refractivity contribution is 5.94. The van der Waals surface area contributed by atoms with Crippen molar-refractivity contribution in [3.05, 3.63) is 90.0 Å². The Morgan fingerprint density at radius 1 is 0.824 bits per heavy atom. The van der Waals surface area contributed by atoms with E-state index in [1.165, 1.54) is 0 Å². The standard InChI is InChI=1S/C26H26N6O2/c1-19-16-20(2)32(29-19)25-17-24(27-18-28-25)30-12-14-31(15-13-30)26(33)21-8-10-23(11-9-21)34-22-6-4-3-5-7-22/h3-11,16-18H,12-15H2,1-2H3. The molecule has 34 heavy (non-hydrogen) atoms. The molecule has 0 spiro atoms.